The van der Waals surface area contributed by atoms with Crippen molar-refractivity contribution in [3.63, 3.8) is 0 Å². The monoisotopic (exact) mass is 255 g/mol. The zero-order valence-electron chi connectivity index (χ0n) is 9.67. The lowest BCUT2D eigenvalue weighted by molar-refractivity contribution is 0.169. The van der Waals surface area contributed by atoms with Gasteiger partial charge in [0.15, 0.2) is 0 Å². The van der Waals surface area contributed by atoms with Crippen molar-refractivity contribution in [1.29, 1.82) is 0 Å². The van der Waals surface area contributed by atoms with Crippen LogP contribution in [-0.2, 0) is 4.74 Å². The van der Waals surface area contributed by atoms with Crippen LogP contribution < -0.4 is 5.32 Å². The van der Waals surface area contributed by atoms with E-state index in [0.29, 0.717) is 12.2 Å². The molecule has 0 saturated heterocycles. The van der Waals surface area contributed by atoms with Crippen LogP contribution in [-0.4, -0.2) is 13.7 Å². The van der Waals surface area contributed by atoms with Crippen LogP contribution in [0.1, 0.15) is 24.4 Å². The summed E-state index contributed by atoms with van der Waals surface area (Å²) in [6.45, 7) is 0.705. The van der Waals surface area contributed by atoms with E-state index in [2.05, 4.69) is 5.32 Å². The molecule has 1 aliphatic heterocycles. The van der Waals surface area contributed by atoms with Crippen molar-refractivity contribution < 1.29 is 9.13 Å². The van der Waals surface area contributed by atoms with Gasteiger partial charge < -0.3 is 10.1 Å². The fraction of sp³-hybridized carbons (Fsp3) is 0.385. The lowest BCUT2D eigenvalue weighted by Gasteiger charge is -2.24. The normalized spacial score (nSPS) is 17.2. The van der Waals surface area contributed by atoms with Gasteiger partial charge in [0.1, 0.15) is 11.6 Å². The molecular weight excluding hydrogens is 241 g/mol. The van der Waals surface area contributed by atoms with Crippen molar-refractivity contribution >= 4 is 11.6 Å². The highest BCUT2D eigenvalue weighted by Gasteiger charge is 2.21. The van der Waals surface area contributed by atoms with Gasteiger partial charge in [-0.2, -0.15) is 0 Å². The van der Waals surface area contributed by atoms with Gasteiger partial charge in [0.2, 0.25) is 0 Å². The van der Waals surface area contributed by atoms with Crippen molar-refractivity contribution in [2.75, 3.05) is 13.7 Å². The van der Waals surface area contributed by atoms with Gasteiger partial charge in [-0.15, -0.1) is 0 Å². The first-order valence-electron chi connectivity index (χ1n) is 5.68. The molecule has 1 unspecified atom stereocenters. The second-order valence-corrected chi connectivity index (χ2v) is 4.34. The molecule has 0 aliphatic carbocycles. The molecule has 17 heavy (non-hydrogen) atoms. The predicted octanol–water partition coefficient (Wildman–Crippen LogP) is 3.43. The van der Waals surface area contributed by atoms with E-state index in [0.717, 1.165) is 18.6 Å². The molecule has 2 rings (SSSR count). The van der Waals surface area contributed by atoms with Gasteiger partial charge in [-0.25, -0.2) is 4.39 Å². The number of benzene rings is 1. The Morgan fingerprint density at radius 3 is 2.94 bits per heavy atom. The number of ether oxygens (including phenoxy) is 1. The third-order valence-electron chi connectivity index (χ3n) is 2.83. The van der Waals surface area contributed by atoms with E-state index in [9.17, 15) is 4.39 Å². The second kappa shape index (κ2) is 5.52. The predicted molar refractivity (Wildman–Crippen MR) is 66.5 cm³/mol. The van der Waals surface area contributed by atoms with Gasteiger partial charge in [0.25, 0.3) is 0 Å². The molecule has 4 heteroatoms. The van der Waals surface area contributed by atoms with E-state index in [-0.39, 0.29) is 11.1 Å². The van der Waals surface area contributed by atoms with Gasteiger partial charge in [0, 0.05) is 0 Å². The maximum absolute atomic E-state index is 13.4. The Kier molecular flexibility index (Phi) is 4.02. The summed E-state index contributed by atoms with van der Waals surface area (Å²) in [6, 6.07) is 4.64. The van der Waals surface area contributed by atoms with Crippen LogP contribution in [0.15, 0.2) is 30.0 Å². The first-order valence-corrected chi connectivity index (χ1v) is 6.06. The minimum Gasteiger partial charge on any atom is -0.496 e. The second-order valence-electron chi connectivity index (χ2n) is 3.96. The van der Waals surface area contributed by atoms with Crippen LogP contribution >= 0.6 is 11.6 Å². The lowest BCUT2D eigenvalue weighted by atomic mass is 10.0. The number of rotatable bonds is 3. The van der Waals surface area contributed by atoms with Crippen molar-refractivity contribution in [2.24, 2.45) is 0 Å². The molecule has 2 nitrogen and oxygen atoms in total. The van der Waals surface area contributed by atoms with E-state index in [1.54, 1.807) is 6.07 Å². The molecule has 0 spiro atoms. The van der Waals surface area contributed by atoms with Crippen LogP contribution in [0, 0.1) is 5.82 Å². The molecule has 0 amide bonds. The van der Waals surface area contributed by atoms with Crippen molar-refractivity contribution in [3.05, 3.63) is 46.4 Å². The summed E-state index contributed by atoms with van der Waals surface area (Å²) in [6.07, 6.45) is 4.04. The van der Waals surface area contributed by atoms with Crippen LogP contribution in [0.3, 0.4) is 0 Å². The molecule has 92 valence electrons. The summed E-state index contributed by atoms with van der Waals surface area (Å²) in [4.78, 5) is 0. The quantitative estimate of drug-likeness (QED) is 0.894. The van der Waals surface area contributed by atoms with E-state index in [1.165, 1.54) is 6.07 Å². The van der Waals surface area contributed by atoms with Gasteiger partial charge >= 0.3 is 0 Å². The fourth-order valence-electron chi connectivity index (χ4n) is 1.97. The van der Waals surface area contributed by atoms with Crippen LogP contribution in [0.25, 0.3) is 0 Å². The Morgan fingerprint density at radius 2 is 2.29 bits per heavy atom. The molecule has 1 N–H and O–H groups in total. The average Bonchev–Trinajstić information content (AvgIpc) is 2.37. The summed E-state index contributed by atoms with van der Waals surface area (Å²) >= 11 is 5.99. The minimum absolute atomic E-state index is 0.155. The van der Waals surface area contributed by atoms with Gasteiger partial charge in [-0.1, -0.05) is 23.7 Å². The number of halogens is 2. The maximum atomic E-state index is 13.4. The average molecular weight is 256 g/mol. The lowest BCUT2D eigenvalue weighted by Crippen LogP contribution is -2.22. The molecule has 1 atom stereocenters. The third-order valence-corrected chi connectivity index (χ3v) is 3.23. The molecule has 0 aromatic heterocycles. The Balaban J connectivity index is 2.34. The molecule has 1 heterocycles. The number of allylic oxidation sites excluding steroid dienone is 1. The Labute approximate surface area is 105 Å². The maximum Gasteiger partial charge on any atom is 0.142 e. The summed E-state index contributed by atoms with van der Waals surface area (Å²) in [5.74, 6) is 0.423. The smallest absolute Gasteiger partial charge is 0.142 e. The zero-order chi connectivity index (χ0) is 12.3. The van der Waals surface area contributed by atoms with Crippen LogP contribution in [0.5, 0.6) is 0 Å². The number of hydrogen-bond acceptors (Lipinski definition) is 2. The molecule has 0 bridgehead atoms. The van der Waals surface area contributed by atoms with Crippen LogP contribution in [0.4, 0.5) is 4.39 Å². The summed E-state index contributed by atoms with van der Waals surface area (Å²) in [5, 5.41) is 3.27. The number of nitrogens with one attached hydrogen (secondary N) is 1. The Hall–Kier alpha value is -1.06. The number of hydrogen-bond donors (Lipinski definition) is 1. The molecular formula is C13H15ClFNO. The van der Waals surface area contributed by atoms with E-state index < -0.39 is 5.82 Å². The Bertz CT molecular complexity index is 433. The summed E-state index contributed by atoms with van der Waals surface area (Å²) in [5.41, 5.74) is 0.710. The highest BCUT2D eigenvalue weighted by atomic mass is 35.5. The van der Waals surface area contributed by atoms with E-state index in [4.69, 9.17) is 16.3 Å². The topological polar surface area (TPSA) is 21.3 Å². The highest BCUT2D eigenvalue weighted by Crippen LogP contribution is 2.31. The molecule has 1 aromatic rings. The Morgan fingerprint density at radius 1 is 1.47 bits per heavy atom. The van der Waals surface area contributed by atoms with Crippen molar-refractivity contribution in [2.45, 2.75) is 18.9 Å². The minimum atomic E-state index is -0.402. The first kappa shape index (κ1) is 12.4. The molecule has 1 aliphatic rings. The largest absolute Gasteiger partial charge is 0.496 e. The number of likely N-dealkylation sites (N-methyl/N-ethyl adjacent to an activating group) is 1. The molecule has 1 aromatic carbocycles. The standard InChI is InChI=1S/C13H15ClFNO/c1-16-13(11-7-2-3-8-17-11)9-5-4-6-10(15)12(9)14/h4-7,13,16H,2-3,8H2,1H3. The SMILES string of the molecule is CNC(C1=CCCCO1)c1cccc(F)c1Cl. The van der Waals surface area contributed by atoms with Crippen molar-refractivity contribution in [3.8, 4) is 0 Å². The summed E-state index contributed by atoms with van der Waals surface area (Å²) in [7, 11) is 1.81. The van der Waals surface area contributed by atoms with Gasteiger partial charge in [-0.05, 0) is 37.6 Å². The van der Waals surface area contributed by atoms with Gasteiger partial charge in [0.05, 0.1) is 17.7 Å². The van der Waals surface area contributed by atoms with Crippen LogP contribution in [0.2, 0.25) is 5.02 Å². The molecule has 0 radical (unpaired) electrons. The van der Waals surface area contributed by atoms with Crippen molar-refractivity contribution in [1.82, 2.24) is 5.32 Å². The van der Waals surface area contributed by atoms with E-state index >= 15 is 0 Å². The first-order chi connectivity index (χ1) is 8.24. The van der Waals surface area contributed by atoms with Gasteiger partial charge in [-0.3, -0.25) is 0 Å². The highest BCUT2D eigenvalue weighted by molar-refractivity contribution is 6.31. The zero-order valence-corrected chi connectivity index (χ0v) is 10.4. The fourth-order valence-corrected chi connectivity index (χ4v) is 2.21. The third kappa shape index (κ3) is 2.61. The molecule has 0 saturated carbocycles. The van der Waals surface area contributed by atoms with E-state index in [1.807, 2.05) is 19.2 Å². The molecule has 0 fully saturated rings. The summed E-state index contributed by atoms with van der Waals surface area (Å²) < 4.78 is 19.0.